The van der Waals surface area contributed by atoms with Crippen LogP contribution in [0.3, 0.4) is 0 Å². The summed E-state index contributed by atoms with van der Waals surface area (Å²) in [5.41, 5.74) is 14.0. The molecule has 0 saturated heterocycles. The minimum atomic E-state index is -0.135. The van der Waals surface area contributed by atoms with Crippen molar-refractivity contribution in [3.05, 3.63) is 126 Å². The van der Waals surface area contributed by atoms with E-state index in [1.807, 2.05) is 84.9 Å². The monoisotopic (exact) mass is 482 g/mol. The molecule has 0 radical (unpaired) electrons. The first-order valence-corrected chi connectivity index (χ1v) is 12.3. The van der Waals surface area contributed by atoms with Crippen molar-refractivity contribution in [2.24, 2.45) is 5.73 Å². The van der Waals surface area contributed by atoms with Crippen molar-refractivity contribution >= 4 is 27.7 Å². The molecular formula is C32H26N4O. The zero-order valence-electron chi connectivity index (χ0n) is 20.2. The number of hydrogen-bond acceptors (Lipinski definition) is 3. The SMILES string of the molecule is NCc1ccc(CNC(=O)c2cc(-c3c(-c4ccccc4)[nH]c4ccccc34)nc3ccccc23)cc1. The molecule has 0 aliphatic rings. The number of hydrogen-bond donors (Lipinski definition) is 3. The molecule has 5 nitrogen and oxygen atoms in total. The lowest BCUT2D eigenvalue weighted by Gasteiger charge is -2.12. The van der Waals surface area contributed by atoms with Gasteiger partial charge in [-0.25, -0.2) is 4.98 Å². The van der Waals surface area contributed by atoms with Gasteiger partial charge in [0, 0.05) is 34.9 Å². The molecule has 4 N–H and O–H groups in total. The Morgan fingerprint density at radius 3 is 2.24 bits per heavy atom. The van der Waals surface area contributed by atoms with Gasteiger partial charge in [-0.05, 0) is 34.9 Å². The lowest BCUT2D eigenvalue weighted by atomic mass is 9.99. The Morgan fingerprint density at radius 2 is 1.46 bits per heavy atom. The number of carbonyl (C=O) groups excluding carboxylic acids is 1. The third-order valence-electron chi connectivity index (χ3n) is 6.70. The third-order valence-corrected chi connectivity index (χ3v) is 6.70. The van der Waals surface area contributed by atoms with Gasteiger partial charge in [-0.15, -0.1) is 0 Å². The topological polar surface area (TPSA) is 83.8 Å². The highest BCUT2D eigenvalue weighted by Gasteiger charge is 2.20. The first-order valence-electron chi connectivity index (χ1n) is 12.3. The lowest BCUT2D eigenvalue weighted by Crippen LogP contribution is -2.23. The standard InChI is InChI=1S/C32H26N4O/c33-19-21-14-16-22(17-15-21)20-34-32(37)26-18-29(35-27-12-6-4-10-24(26)27)30-25-11-5-7-13-28(25)36-31(30)23-8-2-1-3-9-23/h1-18,36H,19-20,33H2,(H,34,37). The quantitative estimate of drug-likeness (QED) is 0.255. The first kappa shape index (κ1) is 22.7. The van der Waals surface area contributed by atoms with Crippen molar-refractivity contribution in [1.82, 2.24) is 15.3 Å². The fraction of sp³-hybridized carbons (Fsp3) is 0.0625. The van der Waals surface area contributed by atoms with Crippen molar-refractivity contribution in [3.8, 4) is 22.5 Å². The lowest BCUT2D eigenvalue weighted by molar-refractivity contribution is 0.0952. The number of benzene rings is 4. The second kappa shape index (κ2) is 9.72. The van der Waals surface area contributed by atoms with Gasteiger partial charge in [0.1, 0.15) is 0 Å². The Hall–Kier alpha value is -4.74. The van der Waals surface area contributed by atoms with Crippen LogP contribution in [0.5, 0.6) is 0 Å². The maximum Gasteiger partial charge on any atom is 0.252 e. The molecule has 0 aliphatic carbocycles. The van der Waals surface area contributed by atoms with E-state index in [4.69, 9.17) is 10.7 Å². The van der Waals surface area contributed by atoms with Gasteiger partial charge in [-0.1, -0.05) is 91.0 Å². The highest BCUT2D eigenvalue weighted by Crippen LogP contribution is 2.38. The van der Waals surface area contributed by atoms with Crippen molar-refractivity contribution in [2.75, 3.05) is 0 Å². The summed E-state index contributed by atoms with van der Waals surface area (Å²) >= 11 is 0. The molecule has 180 valence electrons. The number of pyridine rings is 1. The molecule has 0 saturated carbocycles. The predicted octanol–water partition coefficient (Wildman–Crippen LogP) is 6.44. The van der Waals surface area contributed by atoms with Crippen molar-refractivity contribution < 1.29 is 4.79 Å². The van der Waals surface area contributed by atoms with E-state index in [9.17, 15) is 4.79 Å². The summed E-state index contributed by atoms with van der Waals surface area (Å²) in [7, 11) is 0. The van der Waals surface area contributed by atoms with E-state index >= 15 is 0 Å². The Bertz CT molecular complexity index is 1720. The fourth-order valence-electron chi connectivity index (χ4n) is 4.79. The molecule has 6 rings (SSSR count). The number of carbonyl (C=O) groups is 1. The Morgan fingerprint density at radius 1 is 0.784 bits per heavy atom. The van der Waals surface area contributed by atoms with Gasteiger partial charge < -0.3 is 16.0 Å². The van der Waals surface area contributed by atoms with Crippen LogP contribution in [0.2, 0.25) is 0 Å². The molecule has 0 aliphatic heterocycles. The number of amides is 1. The van der Waals surface area contributed by atoms with Crippen LogP contribution >= 0.6 is 0 Å². The van der Waals surface area contributed by atoms with Crippen molar-refractivity contribution in [2.45, 2.75) is 13.1 Å². The molecule has 4 aromatic carbocycles. The maximum absolute atomic E-state index is 13.5. The molecule has 0 spiro atoms. The molecule has 0 bridgehead atoms. The highest BCUT2D eigenvalue weighted by molar-refractivity contribution is 6.09. The zero-order valence-corrected chi connectivity index (χ0v) is 20.2. The van der Waals surface area contributed by atoms with E-state index in [-0.39, 0.29) is 5.91 Å². The largest absolute Gasteiger partial charge is 0.354 e. The molecule has 0 fully saturated rings. The fourth-order valence-corrected chi connectivity index (χ4v) is 4.79. The van der Waals surface area contributed by atoms with E-state index in [1.54, 1.807) is 0 Å². The number of rotatable bonds is 6. The molecule has 0 atom stereocenters. The van der Waals surface area contributed by atoms with Crippen molar-refractivity contribution in [3.63, 3.8) is 0 Å². The normalized spacial score (nSPS) is 11.2. The van der Waals surface area contributed by atoms with Gasteiger partial charge >= 0.3 is 0 Å². The van der Waals surface area contributed by atoms with Crippen LogP contribution in [0.1, 0.15) is 21.5 Å². The number of fused-ring (bicyclic) bond motifs is 2. The van der Waals surface area contributed by atoms with Crippen LogP contribution in [0.25, 0.3) is 44.3 Å². The van der Waals surface area contributed by atoms with E-state index in [2.05, 4.69) is 34.6 Å². The molecule has 0 unspecified atom stereocenters. The average Bonchev–Trinajstić information content (AvgIpc) is 3.36. The number of nitrogens with zero attached hydrogens (tertiary/aromatic N) is 1. The van der Waals surface area contributed by atoms with Gasteiger partial charge in [0.25, 0.3) is 5.91 Å². The average molecular weight is 483 g/mol. The summed E-state index contributed by atoms with van der Waals surface area (Å²) in [6, 6.07) is 36.1. The van der Waals surface area contributed by atoms with Gasteiger partial charge in [0.2, 0.25) is 0 Å². The smallest absolute Gasteiger partial charge is 0.252 e. The molecule has 2 aromatic heterocycles. The number of aromatic nitrogens is 2. The second-order valence-corrected chi connectivity index (χ2v) is 9.06. The Kier molecular flexibility index (Phi) is 5.97. The summed E-state index contributed by atoms with van der Waals surface area (Å²) in [5.74, 6) is -0.135. The molecule has 6 aromatic rings. The van der Waals surface area contributed by atoms with E-state index in [0.717, 1.165) is 55.4 Å². The van der Waals surface area contributed by atoms with Gasteiger partial charge in [-0.3, -0.25) is 4.79 Å². The van der Waals surface area contributed by atoms with E-state index < -0.39 is 0 Å². The third kappa shape index (κ3) is 4.37. The van der Waals surface area contributed by atoms with Crippen LogP contribution < -0.4 is 11.1 Å². The number of nitrogens with one attached hydrogen (secondary N) is 2. The summed E-state index contributed by atoms with van der Waals surface area (Å²) in [6.07, 6.45) is 0. The number of nitrogens with two attached hydrogens (primary N) is 1. The number of aromatic amines is 1. The van der Waals surface area contributed by atoms with Crippen LogP contribution in [-0.4, -0.2) is 15.9 Å². The molecular weight excluding hydrogens is 456 g/mol. The van der Waals surface area contributed by atoms with Gasteiger partial charge in [0.15, 0.2) is 0 Å². The van der Waals surface area contributed by atoms with Crippen LogP contribution in [0, 0.1) is 0 Å². The summed E-state index contributed by atoms with van der Waals surface area (Å²) in [6.45, 7) is 0.926. The van der Waals surface area contributed by atoms with E-state index in [0.29, 0.717) is 18.7 Å². The number of para-hydroxylation sites is 2. The summed E-state index contributed by atoms with van der Waals surface area (Å²) < 4.78 is 0. The molecule has 37 heavy (non-hydrogen) atoms. The van der Waals surface area contributed by atoms with E-state index in [1.165, 1.54) is 0 Å². The van der Waals surface area contributed by atoms with Crippen LogP contribution in [0.15, 0.2) is 109 Å². The Balaban J connectivity index is 1.46. The predicted molar refractivity (Wildman–Crippen MR) is 150 cm³/mol. The van der Waals surface area contributed by atoms with Gasteiger partial charge in [-0.2, -0.15) is 0 Å². The highest BCUT2D eigenvalue weighted by atomic mass is 16.1. The maximum atomic E-state index is 13.5. The molecule has 5 heteroatoms. The number of H-pyrrole nitrogens is 1. The summed E-state index contributed by atoms with van der Waals surface area (Å²) in [4.78, 5) is 22.1. The van der Waals surface area contributed by atoms with Crippen LogP contribution in [0.4, 0.5) is 0 Å². The minimum Gasteiger partial charge on any atom is -0.354 e. The second-order valence-electron chi connectivity index (χ2n) is 9.06. The van der Waals surface area contributed by atoms with Gasteiger partial charge in [0.05, 0.1) is 22.5 Å². The Labute approximate surface area is 215 Å². The van der Waals surface area contributed by atoms with Crippen LogP contribution in [-0.2, 0) is 13.1 Å². The first-order chi connectivity index (χ1) is 18.2. The minimum absolute atomic E-state index is 0.135. The van der Waals surface area contributed by atoms with Crippen molar-refractivity contribution in [1.29, 1.82) is 0 Å². The zero-order chi connectivity index (χ0) is 25.2. The summed E-state index contributed by atoms with van der Waals surface area (Å²) in [5, 5.41) is 4.98. The molecule has 1 amide bonds. The molecule has 2 heterocycles.